The van der Waals surface area contributed by atoms with E-state index in [9.17, 15) is 4.79 Å². The second kappa shape index (κ2) is 4.99. The lowest BCUT2D eigenvalue weighted by Crippen LogP contribution is -2.06. The molecule has 0 heterocycles. The molecule has 0 spiro atoms. The zero-order valence-corrected chi connectivity index (χ0v) is 6.26. The fourth-order valence-electron chi connectivity index (χ4n) is 0.562. The summed E-state index contributed by atoms with van der Waals surface area (Å²) >= 11 is 0. The molecular formula is C7H12O3. The van der Waals surface area contributed by atoms with E-state index in [1.165, 1.54) is 0 Å². The summed E-state index contributed by atoms with van der Waals surface area (Å²) in [5.74, 6) is -0.454. The highest BCUT2D eigenvalue weighted by Gasteiger charge is 2.01. The number of carbonyl (C=O) groups excluding carboxylic acids is 1. The predicted molar refractivity (Wildman–Crippen MR) is 37.2 cm³/mol. The van der Waals surface area contributed by atoms with Crippen LogP contribution in [0.3, 0.4) is 0 Å². The molecule has 0 bridgehead atoms. The van der Waals surface area contributed by atoms with Crippen molar-refractivity contribution in [1.29, 1.82) is 0 Å². The average Bonchev–Trinajstić information content (AvgIpc) is 1.89. The van der Waals surface area contributed by atoms with Crippen molar-refractivity contribution in [1.82, 2.24) is 0 Å². The van der Waals surface area contributed by atoms with Gasteiger partial charge in [0.1, 0.15) is 0 Å². The zero-order chi connectivity index (χ0) is 7.98. The lowest BCUT2D eigenvalue weighted by Gasteiger charge is -1.98. The molecule has 0 amide bonds. The number of hydrogen-bond acceptors (Lipinski definition) is 3. The van der Waals surface area contributed by atoms with Gasteiger partial charge in [-0.15, -0.1) is 0 Å². The summed E-state index contributed by atoms with van der Waals surface area (Å²) in [7, 11) is 0. The first kappa shape index (κ1) is 9.17. The lowest BCUT2D eigenvalue weighted by molar-refractivity contribution is -0.146. The molecule has 0 aromatic rings. The summed E-state index contributed by atoms with van der Waals surface area (Å²) in [5.41, 5.74) is 0.538. The van der Waals surface area contributed by atoms with Gasteiger partial charge in [0.2, 0.25) is 0 Å². The van der Waals surface area contributed by atoms with E-state index in [0.29, 0.717) is 5.57 Å². The van der Waals surface area contributed by atoms with E-state index in [1.807, 2.05) is 6.92 Å². The normalized spacial score (nSPS) is 11.3. The van der Waals surface area contributed by atoms with Gasteiger partial charge >= 0.3 is 5.97 Å². The van der Waals surface area contributed by atoms with Crippen LogP contribution in [0.5, 0.6) is 0 Å². The first-order valence-corrected chi connectivity index (χ1v) is 3.17. The van der Waals surface area contributed by atoms with Crippen molar-refractivity contribution in [2.45, 2.75) is 20.3 Å². The second-order valence-electron chi connectivity index (χ2n) is 1.86. The molecule has 3 heteroatoms. The average molecular weight is 144 g/mol. The Hall–Kier alpha value is -0.830. The Morgan fingerprint density at radius 1 is 1.70 bits per heavy atom. The largest absolute Gasteiger partial charge is 0.435 e. The van der Waals surface area contributed by atoms with Crippen molar-refractivity contribution < 1.29 is 14.6 Å². The van der Waals surface area contributed by atoms with Crippen LogP contribution >= 0.6 is 0 Å². The van der Waals surface area contributed by atoms with Crippen molar-refractivity contribution in [3.63, 3.8) is 0 Å². The summed E-state index contributed by atoms with van der Waals surface area (Å²) in [6.07, 6.45) is 2.55. The highest BCUT2D eigenvalue weighted by atomic mass is 16.6. The van der Waals surface area contributed by atoms with E-state index in [0.717, 1.165) is 6.42 Å². The van der Waals surface area contributed by atoms with Crippen molar-refractivity contribution in [2.24, 2.45) is 0 Å². The van der Waals surface area contributed by atoms with Gasteiger partial charge in [-0.3, -0.25) is 0 Å². The van der Waals surface area contributed by atoms with E-state index in [1.54, 1.807) is 13.0 Å². The van der Waals surface area contributed by atoms with Crippen LogP contribution in [-0.2, 0) is 9.53 Å². The number of carbonyl (C=O) groups is 1. The molecule has 0 unspecified atom stereocenters. The van der Waals surface area contributed by atoms with Crippen molar-refractivity contribution in [3.8, 4) is 0 Å². The Morgan fingerprint density at radius 2 is 2.30 bits per heavy atom. The van der Waals surface area contributed by atoms with E-state index in [2.05, 4.69) is 4.74 Å². The first-order valence-electron chi connectivity index (χ1n) is 3.17. The van der Waals surface area contributed by atoms with Gasteiger partial charge in [-0.1, -0.05) is 13.0 Å². The SMILES string of the molecule is CC/C=C(\C)C(=O)OCO. The number of aliphatic hydroxyl groups excluding tert-OH is 1. The number of rotatable bonds is 3. The van der Waals surface area contributed by atoms with Gasteiger partial charge in [0, 0.05) is 5.57 Å². The molecule has 0 radical (unpaired) electrons. The van der Waals surface area contributed by atoms with Crippen molar-refractivity contribution in [2.75, 3.05) is 6.79 Å². The van der Waals surface area contributed by atoms with Gasteiger partial charge < -0.3 is 9.84 Å². The van der Waals surface area contributed by atoms with Gasteiger partial charge in [-0.05, 0) is 13.3 Å². The molecule has 0 rings (SSSR count). The predicted octanol–water partition coefficient (Wildman–Crippen LogP) is 0.836. The molecular weight excluding hydrogens is 132 g/mol. The highest BCUT2D eigenvalue weighted by Crippen LogP contribution is 1.97. The molecule has 1 N–H and O–H groups in total. The number of allylic oxidation sites excluding steroid dienone is 1. The summed E-state index contributed by atoms with van der Waals surface area (Å²) in [5, 5.41) is 8.18. The molecule has 0 aliphatic rings. The van der Waals surface area contributed by atoms with Crippen LogP contribution in [0.25, 0.3) is 0 Å². The molecule has 0 saturated heterocycles. The Labute approximate surface area is 60.3 Å². The molecule has 0 fully saturated rings. The molecule has 58 valence electrons. The summed E-state index contributed by atoms with van der Waals surface area (Å²) in [4.78, 5) is 10.7. The Kier molecular flexibility index (Phi) is 4.58. The minimum Gasteiger partial charge on any atom is -0.435 e. The van der Waals surface area contributed by atoms with Crippen LogP contribution in [0.4, 0.5) is 0 Å². The summed E-state index contributed by atoms with van der Waals surface area (Å²) < 4.78 is 4.30. The molecule has 3 nitrogen and oxygen atoms in total. The minimum atomic E-state index is -0.548. The highest BCUT2D eigenvalue weighted by molar-refractivity contribution is 5.87. The number of esters is 1. The molecule has 10 heavy (non-hydrogen) atoms. The van der Waals surface area contributed by atoms with Crippen LogP contribution in [0.2, 0.25) is 0 Å². The van der Waals surface area contributed by atoms with Crippen LogP contribution in [-0.4, -0.2) is 17.9 Å². The third kappa shape index (κ3) is 3.25. The van der Waals surface area contributed by atoms with E-state index in [4.69, 9.17) is 5.11 Å². The van der Waals surface area contributed by atoms with Gasteiger partial charge in [0.25, 0.3) is 0 Å². The minimum absolute atomic E-state index is 0.454. The van der Waals surface area contributed by atoms with Gasteiger partial charge in [-0.2, -0.15) is 0 Å². The van der Waals surface area contributed by atoms with Crippen LogP contribution < -0.4 is 0 Å². The lowest BCUT2D eigenvalue weighted by atomic mass is 10.2. The van der Waals surface area contributed by atoms with Crippen LogP contribution in [0.1, 0.15) is 20.3 Å². The van der Waals surface area contributed by atoms with Crippen LogP contribution in [0, 0.1) is 0 Å². The maximum atomic E-state index is 10.7. The summed E-state index contributed by atoms with van der Waals surface area (Å²) in [6.45, 7) is 3.03. The molecule has 0 saturated carbocycles. The third-order valence-corrected chi connectivity index (χ3v) is 1.03. The third-order valence-electron chi connectivity index (χ3n) is 1.03. The fourth-order valence-corrected chi connectivity index (χ4v) is 0.562. The van der Waals surface area contributed by atoms with Crippen molar-refractivity contribution in [3.05, 3.63) is 11.6 Å². The van der Waals surface area contributed by atoms with E-state index >= 15 is 0 Å². The van der Waals surface area contributed by atoms with Gasteiger partial charge in [0.15, 0.2) is 6.79 Å². The Balaban J connectivity index is 3.82. The molecule has 0 aliphatic carbocycles. The summed E-state index contributed by atoms with van der Waals surface area (Å²) in [6, 6.07) is 0. The monoisotopic (exact) mass is 144 g/mol. The fraction of sp³-hybridized carbons (Fsp3) is 0.571. The Bertz CT molecular complexity index is 138. The standard InChI is InChI=1S/C7H12O3/c1-3-4-6(2)7(9)10-5-8/h4,8H,3,5H2,1-2H3/b6-4+. The maximum absolute atomic E-state index is 10.7. The van der Waals surface area contributed by atoms with Crippen molar-refractivity contribution >= 4 is 5.97 Å². The van der Waals surface area contributed by atoms with Crippen LogP contribution in [0.15, 0.2) is 11.6 Å². The maximum Gasteiger partial charge on any atom is 0.335 e. The van der Waals surface area contributed by atoms with Gasteiger partial charge in [0.05, 0.1) is 0 Å². The molecule has 0 aromatic heterocycles. The number of hydrogen-bond donors (Lipinski definition) is 1. The number of aliphatic hydroxyl groups is 1. The topological polar surface area (TPSA) is 46.5 Å². The second-order valence-corrected chi connectivity index (χ2v) is 1.86. The molecule has 0 aliphatic heterocycles. The smallest absolute Gasteiger partial charge is 0.335 e. The van der Waals surface area contributed by atoms with E-state index in [-0.39, 0.29) is 0 Å². The van der Waals surface area contributed by atoms with E-state index < -0.39 is 12.8 Å². The molecule has 0 atom stereocenters. The first-order chi connectivity index (χ1) is 4.72. The number of ether oxygens (including phenoxy) is 1. The van der Waals surface area contributed by atoms with Gasteiger partial charge in [-0.25, -0.2) is 4.79 Å². The quantitative estimate of drug-likeness (QED) is 0.362. The Morgan fingerprint density at radius 3 is 2.70 bits per heavy atom. The zero-order valence-electron chi connectivity index (χ0n) is 6.26. The molecule has 0 aromatic carbocycles.